The number of nitrogens with one attached hydrogen (secondary N) is 2. The molecule has 2 unspecified atom stereocenters. The fourth-order valence-corrected chi connectivity index (χ4v) is 4.06. The van der Waals surface area contributed by atoms with Crippen LogP contribution in [0.5, 0.6) is 0 Å². The van der Waals surface area contributed by atoms with Crippen molar-refractivity contribution in [2.24, 2.45) is 0 Å². The molecule has 0 radical (unpaired) electrons. The van der Waals surface area contributed by atoms with Gasteiger partial charge in [0.05, 0.1) is 12.7 Å². The van der Waals surface area contributed by atoms with Gasteiger partial charge in [0.2, 0.25) is 5.91 Å². The monoisotopic (exact) mass is 532 g/mol. The van der Waals surface area contributed by atoms with Crippen LogP contribution in [0.25, 0.3) is 0 Å². The number of ether oxygens (including phenoxy) is 1. The minimum atomic E-state index is -0.913. The summed E-state index contributed by atoms with van der Waals surface area (Å²) in [6.07, 6.45) is 1.38. The van der Waals surface area contributed by atoms with E-state index in [9.17, 15) is 14.4 Å². The van der Waals surface area contributed by atoms with Crippen molar-refractivity contribution < 1.29 is 19.1 Å². The summed E-state index contributed by atoms with van der Waals surface area (Å²) in [5, 5.41) is 17.7. The van der Waals surface area contributed by atoms with Gasteiger partial charge in [-0.15, -0.1) is 5.10 Å². The Morgan fingerprint density at radius 1 is 0.895 bits per heavy atom. The van der Waals surface area contributed by atoms with Crippen LogP contribution >= 0.6 is 11.6 Å². The molecule has 38 heavy (non-hydrogen) atoms. The Kier molecular flexibility index (Phi) is 8.78. The molecule has 1 aromatic heterocycles. The standard InChI is InChI=1S/C27H25ClN6O4/c1-38-27(37)21-12-10-20(11-13-21)25(35)30-23(15-18-6-3-2-4-7-18)26(36)31-24(34-17-29-32-33-34)16-19-8-5-9-22(28)14-19/h2-14,17,23-24H,15-16H2,1H3,(H,30,35)(H,31,36). The van der Waals surface area contributed by atoms with Crippen LogP contribution in [0.2, 0.25) is 5.02 Å². The van der Waals surface area contributed by atoms with Gasteiger partial charge in [0.25, 0.3) is 5.91 Å². The molecule has 0 fully saturated rings. The van der Waals surface area contributed by atoms with E-state index in [-0.39, 0.29) is 6.42 Å². The van der Waals surface area contributed by atoms with Gasteiger partial charge in [-0.05, 0) is 58.0 Å². The average molecular weight is 533 g/mol. The van der Waals surface area contributed by atoms with Crippen LogP contribution in [0.15, 0.2) is 85.2 Å². The van der Waals surface area contributed by atoms with Crippen molar-refractivity contribution >= 4 is 29.4 Å². The lowest BCUT2D eigenvalue weighted by Crippen LogP contribution is -2.50. The average Bonchev–Trinajstić information content (AvgIpc) is 3.48. The second-order valence-corrected chi connectivity index (χ2v) is 8.87. The molecule has 11 heteroatoms. The van der Waals surface area contributed by atoms with E-state index in [1.54, 1.807) is 12.1 Å². The number of rotatable bonds is 10. The Bertz CT molecular complexity index is 1380. The van der Waals surface area contributed by atoms with Crippen LogP contribution in [0.1, 0.15) is 38.0 Å². The SMILES string of the molecule is COC(=O)c1ccc(C(=O)NC(Cc2ccccc2)C(=O)NC(Cc2cccc(Cl)c2)n2cnnn2)cc1. The highest BCUT2D eigenvalue weighted by Crippen LogP contribution is 2.16. The summed E-state index contributed by atoms with van der Waals surface area (Å²) in [6, 6.07) is 21.7. The third-order valence-corrected chi connectivity index (χ3v) is 6.02. The normalized spacial score (nSPS) is 12.3. The molecule has 0 aliphatic heterocycles. The number of esters is 1. The third-order valence-electron chi connectivity index (χ3n) is 5.78. The third kappa shape index (κ3) is 7.01. The predicted octanol–water partition coefficient (Wildman–Crippen LogP) is 3.01. The maximum absolute atomic E-state index is 13.6. The Morgan fingerprint density at radius 3 is 2.26 bits per heavy atom. The number of carbonyl (C=O) groups is 3. The lowest BCUT2D eigenvalue weighted by atomic mass is 10.0. The second-order valence-electron chi connectivity index (χ2n) is 8.43. The summed E-state index contributed by atoms with van der Waals surface area (Å²) in [6.45, 7) is 0. The van der Waals surface area contributed by atoms with Gasteiger partial charge in [-0.1, -0.05) is 54.1 Å². The number of benzene rings is 3. The van der Waals surface area contributed by atoms with E-state index in [2.05, 4.69) is 26.2 Å². The number of amides is 2. The summed E-state index contributed by atoms with van der Waals surface area (Å²) < 4.78 is 6.14. The number of carbonyl (C=O) groups excluding carboxylic acids is 3. The first-order valence-electron chi connectivity index (χ1n) is 11.7. The largest absolute Gasteiger partial charge is 0.465 e. The van der Waals surface area contributed by atoms with Crippen LogP contribution in [-0.4, -0.2) is 51.1 Å². The Balaban J connectivity index is 1.55. The Labute approximate surface area is 224 Å². The molecule has 4 rings (SSSR count). The molecule has 10 nitrogen and oxygen atoms in total. The van der Waals surface area contributed by atoms with Gasteiger partial charge in [-0.3, -0.25) is 9.59 Å². The molecule has 0 bridgehead atoms. The summed E-state index contributed by atoms with van der Waals surface area (Å²) >= 11 is 6.14. The van der Waals surface area contributed by atoms with Crippen LogP contribution in [0.4, 0.5) is 0 Å². The first-order valence-corrected chi connectivity index (χ1v) is 12.1. The van der Waals surface area contributed by atoms with Gasteiger partial charge in [-0.2, -0.15) is 0 Å². The molecule has 3 aromatic carbocycles. The molecule has 0 aliphatic rings. The van der Waals surface area contributed by atoms with Gasteiger partial charge >= 0.3 is 5.97 Å². The topological polar surface area (TPSA) is 128 Å². The number of hydrogen-bond donors (Lipinski definition) is 2. The Morgan fingerprint density at radius 2 is 1.61 bits per heavy atom. The summed E-state index contributed by atoms with van der Waals surface area (Å²) in [7, 11) is 1.28. The maximum Gasteiger partial charge on any atom is 0.337 e. The van der Waals surface area contributed by atoms with Gasteiger partial charge in [0, 0.05) is 23.4 Å². The molecule has 4 aromatic rings. The lowest BCUT2D eigenvalue weighted by molar-refractivity contribution is -0.124. The van der Waals surface area contributed by atoms with Crippen molar-refractivity contribution in [2.45, 2.75) is 25.0 Å². The molecule has 1 heterocycles. The highest BCUT2D eigenvalue weighted by atomic mass is 35.5. The predicted molar refractivity (Wildman–Crippen MR) is 139 cm³/mol. The number of aromatic nitrogens is 4. The van der Waals surface area contributed by atoms with Gasteiger partial charge in [-0.25, -0.2) is 9.48 Å². The number of nitrogens with zero attached hydrogens (tertiary/aromatic N) is 4. The molecule has 194 valence electrons. The van der Waals surface area contributed by atoms with E-state index in [0.29, 0.717) is 22.6 Å². The molecule has 2 amide bonds. The number of tetrazole rings is 1. The molecule has 0 spiro atoms. The van der Waals surface area contributed by atoms with E-state index in [0.717, 1.165) is 11.1 Å². The molecular weight excluding hydrogens is 508 g/mol. The summed E-state index contributed by atoms with van der Waals surface area (Å²) in [5.41, 5.74) is 2.34. The van der Waals surface area contributed by atoms with Crippen molar-refractivity contribution in [3.8, 4) is 0 Å². The second kappa shape index (κ2) is 12.6. The van der Waals surface area contributed by atoms with Crippen LogP contribution in [0.3, 0.4) is 0 Å². The van der Waals surface area contributed by atoms with E-state index in [1.165, 1.54) is 42.4 Å². The molecule has 0 saturated carbocycles. The van der Waals surface area contributed by atoms with Crippen LogP contribution < -0.4 is 10.6 Å². The first-order chi connectivity index (χ1) is 18.4. The smallest absolute Gasteiger partial charge is 0.337 e. The zero-order chi connectivity index (χ0) is 26.9. The van der Waals surface area contributed by atoms with Crippen molar-refractivity contribution in [3.63, 3.8) is 0 Å². The number of hydrogen-bond acceptors (Lipinski definition) is 7. The van der Waals surface area contributed by atoms with E-state index >= 15 is 0 Å². The van der Waals surface area contributed by atoms with Crippen LogP contribution in [-0.2, 0) is 22.4 Å². The van der Waals surface area contributed by atoms with Crippen molar-refractivity contribution in [1.29, 1.82) is 0 Å². The summed E-state index contributed by atoms with van der Waals surface area (Å²) in [4.78, 5) is 38.4. The van der Waals surface area contributed by atoms with Crippen molar-refractivity contribution in [2.75, 3.05) is 7.11 Å². The van der Waals surface area contributed by atoms with Crippen molar-refractivity contribution in [3.05, 3.63) is 112 Å². The minimum Gasteiger partial charge on any atom is -0.465 e. The van der Waals surface area contributed by atoms with Gasteiger partial charge in [0.1, 0.15) is 18.5 Å². The molecule has 2 atom stereocenters. The van der Waals surface area contributed by atoms with E-state index in [1.807, 2.05) is 42.5 Å². The molecule has 0 saturated heterocycles. The molecular formula is C27H25ClN6O4. The first kappa shape index (κ1) is 26.5. The fourth-order valence-electron chi connectivity index (χ4n) is 3.85. The highest BCUT2D eigenvalue weighted by Gasteiger charge is 2.26. The number of methoxy groups -OCH3 is 1. The fraction of sp³-hybridized carbons (Fsp3) is 0.185. The minimum absolute atomic E-state index is 0.248. The zero-order valence-electron chi connectivity index (χ0n) is 20.5. The highest BCUT2D eigenvalue weighted by molar-refractivity contribution is 6.30. The lowest BCUT2D eigenvalue weighted by Gasteiger charge is -2.23. The van der Waals surface area contributed by atoms with Gasteiger partial charge < -0.3 is 15.4 Å². The number of halogens is 1. The van der Waals surface area contributed by atoms with Crippen molar-refractivity contribution in [1.82, 2.24) is 30.8 Å². The molecule has 0 aliphatic carbocycles. The quantitative estimate of drug-likeness (QED) is 0.300. The zero-order valence-corrected chi connectivity index (χ0v) is 21.2. The van der Waals surface area contributed by atoms with E-state index in [4.69, 9.17) is 16.3 Å². The Hall–Kier alpha value is -4.57. The summed E-state index contributed by atoms with van der Waals surface area (Å²) in [5.74, 6) is -1.39. The molecule has 2 N–H and O–H groups in total. The van der Waals surface area contributed by atoms with Crippen LogP contribution in [0, 0.1) is 0 Å². The van der Waals surface area contributed by atoms with Gasteiger partial charge in [0.15, 0.2) is 0 Å². The van der Waals surface area contributed by atoms with E-state index < -0.39 is 30.0 Å². The maximum atomic E-state index is 13.6.